The maximum Gasteiger partial charge on any atom is 0.238 e. The lowest BCUT2D eigenvalue weighted by molar-refractivity contribution is 0.422. The molecule has 1 fully saturated rings. The molecule has 1 aliphatic heterocycles. The molecule has 0 aliphatic carbocycles. The van der Waals surface area contributed by atoms with E-state index in [2.05, 4.69) is 15.5 Å². The lowest BCUT2D eigenvalue weighted by Crippen LogP contribution is -2.28. The zero-order chi connectivity index (χ0) is 10.2. The van der Waals surface area contributed by atoms with E-state index in [1.165, 1.54) is 0 Å². The van der Waals surface area contributed by atoms with Crippen LogP contribution in [0, 0.1) is 4.77 Å². The van der Waals surface area contributed by atoms with E-state index < -0.39 is 9.84 Å². The predicted molar refractivity (Wildman–Crippen MR) is 52.1 cm³/mol. The Bertz CT molecular complexity index is 474. The summed E-state index contributed by atoms with van der Waals surface area (Å²) in [6.07, 6.45) is 1.48. The Morgan fingerprint density at radius 1 is 1.57 bits per heavy atom. The van der Waals surface area contributed by atoms with Crippen molar-refractivity contribution >= 4 is 22.1 Å². The van der Waals surface area contributed by atoms with E-state index in [-0.39, 0.29) is 17.5 Å². The van der Waals surface area contributed by atoms with Gasteiger partial charge in [-0.1, -0.05) is 10.3 Å². The van der Waals surface area contributed by atoms with Gasteiger partial charge in [0.2, 0.25) is 4.77 Å². The second kappa shape index (κ2) is 3.43. The van der Waals surface area contributed by atoms with Crippen molar-refractivity contribution in [3.8, 4) is 0 Å². The van der Waals surface area contributed by atoms with Crippen LogP contribution in [-0.4, -0.2) is 40.1 Å². The summed E-state index contributed by atoms with van der Waals surface area (Å²) in [7, 11) is -2.92. The van der Waals surface area contributed by atoms with Gasteiger partial charge in [-0.05, 0) is 25.1 Å². The minimum atomic E-state index is -2.92. The van der Waals surface area contributed by atoms with Gasteiger partial charge >= 0.3 is 0 Å². The topological polar surface area (TPSA) is 80.6 Å². The first-order valence-electron chi connectivity index (χ1n) is 4.28. The molecule has 0 bridgehead atoms. The summed E-state index contributed by atoms with van der Waals surface area (Å²) in [5, 5.41) is 9.75. The third-order valence-electron chi connectivity index (χ3n) is 2.30. The third kappa shape index (κ3) is 1.85. The molecular weight excluding hydrogens is 224 g/mol. The molecule has 1 saturated heterocycles. The molecule has 2 heterocycles. The van der Waals surface area contributed by atoms with Crippen LogP contribution in [-0.2, 0) is 9.84 Å². The van der Waals surface area contributed by atoms with E-state index in [0.717, 1.165) is 6.42 Å². The van der Waals surface area contributed by atoms with Gasteiger partial charge in [-0.3, -0.25) is 0 Å². The first-order valence-corrected chi connectivity index (χ1v) is 6.51. The standard InChI is InChI=1S/C6H10N4O2S2/c11-14(12)3-1-2-5(4-14)10-6(13)7-8-9-10/h5H,1-4H2,(H,7,9,13). The van der Waals surface area contributed by atoms with E-state index in [9.17, 15) is 8.42 Å². The van der Waals surface area contributed by atoms with Gasteiger partial charge in [0.05, 0.1) is 17.5 Å². The average molecular weight is 234 g/mol. The number of nitrogens with zero attached hydrogens (tertiary/aromatic N) is 3. The predicted octanol–water partition coefficient (Wildman–Crippen LogP) is 0.0854. The molecule has 1 atom stereocenters. The number of aromatic nitrogens is 4. The molecule has 1 N–H and O–H groups in total. The third-order valence-corrected chi connectivity index (χ3v) is 4.38. The highest BCUT2D eigenvalue weighted by Crippen LogP contribution is 2.21. The Kier molecular flexibility index (Phi) is 2.40. The van der Waals surface area contributed by atoms with Crippen LogP contribution in [0.1, 0.15) is 18.9 Å². The Morgan fingerprint density at radius 3 is 2.93 bits per heavy atom. The van der Waals surface area contributed by atoms with E-state index >= 15 is 0 Å². The van der Waals surface area contributed by atoms with Crippen LogP contribution in [0.25, 0.3) is 0 Å². The highest BCUT2D eigenvalue weighted by molar-refractivity contribution is 7.91. The molecule has 1 unspecified atom stereocenters. The summed E-state index contributed by atoms with van der Waals surface area (Å²) in [6.45, 7) is 0. The highest BCUT2D eigenvalue weighted by Gasteiger charge is 2.26. The minimum absolute atomic E-state index is 0.128. The lowest BCUT2D eigenvalue weighted by Gasteiger charge is -2.21. The number of sulfone groups is 1. The Morgan fingerprint density at radius 2 is 2.36 bits per heavy atom. The van der Waals surface area contributed by atoms with Gasteiger partial charge < -0.3 is 0 Å². The molecule has 14 heavy (non-hydrogen) atoms. The summed E-state index contributed by atoms with van der Waals surface area (Å²) in [4.78, 5) is 0. The minimum Gasteiger partial charge on any atom is -0.238 e. The number of hydrogen-bond donors (Lipinski definition) is 1. The second-order valence-corrected chi connectivity index (χ2v) is 5.96. The number of H-pyrrole nitrogens is 1. The Labute approximate surface area is 86.2 Å². The van der Waals surface area contributed by atoms with E-state index in [1.54, 1.807) is 4.68 Å². The molecule has 0 amide bonds. The van der Waals surface area contributed by atoms with E-state index in [4.69, 9.17) is 12.2 Å². The normalized spacial score (nSPS) is 26.1. The zero-order valence-electron chi connectivity index (χ0n) is 7.38. The van der Waals surface area contributed by atoms with Crippen molar-refractivity contribution < 1.29 is 8.42 Å². The number of rotatable bonds is 1. The number of aromatic amines is 1. The first-order chi connectivity index (χ1) is 6.58. The molecule has 1 aromatic rings. The van der Waals surface area contributed by atoms with Crippen LogP contribution in [0.2, 0.25) is 0 Å². The molecule has 0 radical (unpaired) electrons. The second-order valence-electron chi connectivity index (χ2n) is 3.36. The van der Waals surface area contributed by atoms with Crippen LogP contribution in [0.3, 0.4) is 0 Å². The van der Waals surface area contributed by atoms with Crippen LogP contribution >= 0.6 is 12.2 Å². The number of nitrogens with one attached hydrogen (secondary N) is 1. The monoisotopic (exact) mass is 234 g/mol. The van der Waals surface area contributed by atoms with Crippen molar-refractivity contribution in [2.75, 3.05) is 11.5 Å². The van der Waals surface area contributed by atoms with Crippen molar-refractivity contribution in [1.82, 2.24) is 20.2 Å². The van der Waals surface area contributed by atoms with Gasteiger partial charge in [0.1, 0.15) is 0 Å². The Hall–Kier alpha value is -0.760. The molecule has 0 spiro atoms. The fourth-order valence-corrected chi connectivity index (χ4v) is 3.55. The molecule has 6 nitrogen and oxygen atoms in total. The van der Waals surface area contributed by atoms with Crippen molar-refractivity contribution in [1.29, 1.82) is 0 Å². The SMILES string of the molecule is O=S1(=O)CCCC(n2[nH]nnc2=S)C1. The first kappa shape index (κ1) is 9.78. The van der Waals surface area contributed by atoms with Crippen LogP contribution in [0.4, 0.5) is 0 Å². The fourth-order valence-electron chi connectivity index (χ4n) is 1.64. The average Bonchev–Trinajstić information content (AvgIpc) is 2.49. The Balaban J connectivity index is 2.29. The van der Waals surface area contributed by atoms with Crippen molar-refractivity contribution in [2.24, 2.45) is 0 Å². The molecule has 1 aromatic heterocycles. The lowest BCUT2D eigenvalue weighted by atomic mass is 10.2. The summed E-state index contributed by atoms with van der Waals surface area (Å²) < 4.78 is 24.6. The summed E-state index contributed by atoms with van der Waals surface area (Å²) in [5.41, 5.74) is 0. The fraction of sp³-hybridized carbons (Fsp3) is 0.833. The van der Waals surface area contributed by atoms with Gasteiger partial charge in [0, 0.05) is 0 Å². The molecule has 2 rings (SSSR count). The number of hydrogen-bond acceptors (Lipinski definition) is 5. The maximum absolute atomic E-state index is 11.4. The smallest absolute Gasteiger partial charge is 0.238 e. The van der Waals surface area contributed by atoms with Crippen LogP contribution < -0.4 is 0 Å². The summed E-state index contributed by atoms with van der Waals surface area (Å²) >= 11 is 4.90. The summed E-state index contributed by atoms with van der Waals surface area (Å²) in [5.74, 6) is 0.406. The van der Waals surface area contributed by atoms with Crippen molar-refractivity contribution in [3.05, 3.63) is 4.77 Å². The van der Waals surface area contributed by atoms with Crippen molar-refractivity contribution in [3.63, 3.8) is 0 Å². The van der Waals surface area contributed by atoms with E-state index in [0.29, 0.717) is 11.2 Å². The maximum atomic E-state index is 11.4. The van der Waals surface area contributed by atoms with Gasteiger partial charge in [0.15, 0.2) is 9.84 Å². The van der Waals surface area contributed by atoms with Crippen LogP contribution in [0.15, 0.2) is 0 Å². The quantitative estimate of drug-likeness (QED) is 0.696. The van der Waals surface area contributed by atoms with Gasteiger partial charge in [0.25, 0.3) is 0 Å². The largest absolute Gasteiger partial charge is 0.238 e. The zero-order valence-corrected chi connectivity index (χ0v) is 9.01. The van der Waals surface area contributed by atoms with E-state index in [1.807, 2.05) is 0 Å². The van der Waals surface area contributed by atoms with Crippen LogP contribution in [0.5, 0.6) is 0 Å². The highest BCUT2D eigenvalue weighted by atomic mass is 32.2. The molecule has 0 aromatic carbocycles. The molecule has 0 saturated carbocycles. The number of tetrazole rings is 1. The van der Waals surface area contributed by atoms with Crippen molar-refractivity contribution in [2.45, 2.75) is 18.9 Å². The van der Waals surface area contributed by atoms with Gasteiger partial charge in [-0.25, -0.2) is 13.1 Å². The van der Waals surface area contributed by atoms with Gasteiger partial charge in [-0.15, -0.1) is 0 Å². The molecule has 1 aliphatic rings. The molecular formula is C6H10N4O2S2. The molecule has 8 heteroatoms. The summed E-state index contributed by atoms with van der Waals surface area (Å²) in [6, 6.07) is -0.128. The molecule has 78 valence electrons. The van der Waals surface area contributed by atoms with Gasteiger partial charge in [-0.2, -0.15) is 5.21 Å².